The SMILES string of the molecule is Cc1ccc(N)cc1C(=O)N1CCN(C2CC2)C(=O)C1.Cl. The van der Waals surface area contributed by atoms with Gasteiger partial charge in [0, 0.05) is 30.4 Å². The zero-order valence-corrected chi connectivity index (χ0v) is 12.9. The smallest absolute Gasteiger partial charge is 0.254 e. The highest BCUT2D eigenvalue weighted by Gasteiger charge is 2.37. The molecule has 1 aliphatic heterocycles. The molecule has 3 rings (SSSR count). The Morgan fingerprint density at radius 2 is 2.00 bits per heavy atom. The van der Waals surface area contributed by atoms with Crippen molar-refractivity contribution in [1.29, 1.82) is 0 Å². The molecule has 1 aromatic rings. The highest BCUT2D eigenvalue weighted by Crippen LogP contribution is 2.28. The number of rotatable bonds is 2. The number of aryl methyl sites for hydroxylation is 1. The van der Waals surface area contributed by atoms with E-state index in [2.05, 4.69) is 0 Å². The van der Waals surface area contributed by atoms with Crippen LogP contribution >= 0.6 is 12.4 Å². The van der Waals surface area contributed by atoms with Gasteiger partial charge in [-0.25, -0.2) is 0 Å². The molecule has 2 aliphatic rings. The van der Waals surface area contributed by atoms with Crippen molar-refractivity contribution >= 4 is 29.9 Å². The minimum Gasteiger partial charge on any atom is -0.399 e. The minimum atomic E-state index is -0.0985. The summed E-state index contributed by atoms with van der Waals surface area (Å²) in [5, 5.41) is 0. The molecule has 2 fully saturated rings. The normalized spacial score (nSPS) is 18.4. The summed E-state index contributed by atoms with van der Waals surface area (Å²) < 4.78 is 0. The first kappa shape index (κ1) is 15.6. The predicted molar refractivity (Wildman–Crippen MR) is 83.5 cm³/mol. The number of carbonyl (C=O) groups is 2. The zero-order chi connectivity index (χ0) is 14.3. The molecule has 114 valence electrons. The lowest BCUT2D eigenvalue weighted by Gasteiger charge is -2.34. The van der Waals surface area contributed by atoms with Gasteiger partial charge in [-0.1, -0.05) is 6.07 Å². The second-order valence-electron chi connectivity index (χ2n) is 5.62. The van der Waals surface area contributed by atoms with E-state index in [1.54, 1.807) is 17.0 Å². The summed E-state index contributed by atoms with van der Waals surface area (Å²) in [6, 6.07) is 5.73. The molecule has 2 N–H and O–H groups in total. The van der Waals surface area contributed by atoms with Crippen molar-refractivity contribution in [3.8, 4) is 0 Å². The maximum Gasteiger partial charge on any atom is 0.254 e. The van der Waals surface area contributed by atoms with Crippen molar-refractivity contribution in [2.45, 2.75) is 25.8 Å². The molecule has 1 heterocycles. The van der Waals surface area contributed by atoms with Crippen LogP contribution in [0.2, 0.25) is 0 Å². The van der Waals surface area contributed by atoms with Gasteiger partial charge in [0.2, 0.25) is 5.91 Å². The van der Waals surface area contributed by atoms with Crippen LogP contribution in [0.15, 0.2) is 18.2 Å². The summed E-state index contributed by atoms with van der Waals surface area (Å²) in [6.07, 6.45) is 2.21. The van der Waals surface area contributed by atoms with Gasteiger partial charge in [0.1, 0.15) is 6.54 Å². The van der Waals surface area contributed by atoms with Crippen LogP contribution in [0.1, 0.15) is 28.8 Å². The monoisotopic (exact) mass is 309 g/mol. The van der Waals surface area contributed by atoms with Gasteiger partial charge >= 0.3 is 0 Å². The summed E-state index contributed by atoms with van der Waals surface area (Å²) in [5.41, 5.74) is 7.80. The summed E-state index contributed by atoms with van der Waals surface area (Å²) in [7, 11) is 0. The number of nitrogen functional groups attached to an aromatic ring is 1. The van der Waals surface area contributed by atoms with E-state index < -0.39 is 0 Å². The van der Waals surface area contributed by atoms with Crippen molar-refractivity contribution in [3.05, 3.63) is 29.3 Å². The molecule has 6 heteroatoms. The highest BCUT2D eigenvalue weighted by molar-refractivity contribution is 5.99. The Morgan fingerprint density at radius 1 is 1.29 bits per heavy atom. The van der Waals surface area contributed by atoms with Gasteiger partial charge in [-0.2, -0.15) is 0 Å². The molecule has 1 saturated heterocycles. The summed E-state index contributed by atoms with van der Waals surface area (Å²) >= 11 is 0. The second kappa shape index (κ2) is 5.93. The van der Waals surface area contributed by atoms with Gasteiger partial charge in [0.15, 0.2) is 0 Å². The molecular formula is C15H20ClN3O2. The molecule has 21 heavy (non-hydrogen) atoms. The van der Waals surface area contributed by atoms with Crippen LogP contribution in [-0.4, -0.2) is 47.3 Å². The summed E-state index contributed by atoms with van der Waals surface area (Å²) in [4.78, 5) is 28.1. The molecule has 2 amide bonds. The Balaban J connectivity index is 0.00000161. The number of carbonyl (C=O) groups excluding carboxylic acids is 2. The molecular weight excluding hydrogens is 290 g/mol. The molecule has 0 radical (unpaired) electrons. The van der Waals surface area contributed by atoms with Gasteiger partial charge in [-0.3, -0.25) is 9.59 Å². The summed E-state index contributed by atoms with van der Waals surface area (Å²) in [6.45, 7) is 3.32. The first-order chi connectivity index (χ1) is 9.56. The van der Waals surface area contributed by atoms with Crippen LogP contribution in [0, 0.1) is 6.92 Å². The van der Waals surface area contributed by atoms with Gasteiger partial charge in [-0.15, -0.1) is 12.4 Å². The van der Waals surface area contributed by atoms with E-state index in [9.17, 15) is 9.59 Å². The van der Waals surface area contributed by atoms with Crippen LogP contribution in [-0.2, 0) is 4.79 Å². The van der Waals surface area contributed by atoms with E-state index in [4.69, 9.17) is 5.73 Å². The third-order valence-corrected chi connectivity index (χ3v) is 4.02. The van der Waals surface area contributed by atoms with Gasteiger partial charge in [0.05, 0.1) is 0 Å². The average molecular weight is 310 g/mol. The fourth-order valence-corrected chi connectivity index (χ4v) is 2.67. The maximum absolute atomic E-state index is 12.5. The van der Waals surface area contributed by atoms with Crippen LogP contribution in [0.3, 0.4) is 0 Å². The number of nitrogens with two attached hydrogens (primary N) is 1. The Kier molecular flexibility index (Phi) is 4.42. The number of anilines is 1. The quantitative estimate of drug-likeness (QED) is 0.841. The number of hydrogen-bond donors (Lipinski definition) is 1. The Morgan fingerprint density at radius 3 is 2.62 bits per heavy atom. The van der Waals surface area contributed by atoms with Crippen molar-refractivity contribution in [3.63, 3.8) is 0 Å². The molecule has 0 spiro atoms. The van der Waals surface area contributed by atoms with Crippen LogP contribution < -0.4 is 5.73 Å². The molecule has 0 aromatic heterocycles. The van der Waals surface area contributed by atoms with E-state index in [1.807, 2.05) is 17.9 Å². The fourth-order valence-electron chi connectivity index (χ4n) is 2.67. The molecule has 0 atom stereocenters. The number of piperazine rings is 1. The second-order valence-corrected chi connectivity index (χ2v) is 5.62. The van der Waals surface area contributed by atoms with E-state index in [1.165, 1.54) is 0 Å². The van der Waals surface area contributed by atoms with Crippen LogP contribution in [0.4, 0.5) is 5.69 Å². The third-order valence-electron chi connectivity index (χ3n) is 4.02. The molecule has 0 bridgehead atoms. The predicted octanol–water partition coefficient (Wildman–Crippen LogP) is 1.45. The van der Waals surface area contributed by atoms with E-state index >= 15 is 0 Å². The number of benzene rings is 1. The van der Waals surface area contributed by atoms with Crippen molar-refractivity contribution in [2.75, 3.05) is 25.4 Å². The molecule has 1 aliphatic carbocycles. The van der Waals surface area contributed by atoms with Crippen molar-refractivity contribution in [1.82, 2.24) is 9.80 Å². The topological polar surface area (TPSA) is 66.6 Å². The van der Waals surface area contributed by atoms with Gasteiger partial charge < -0.3 is 15.5 Å². The standard InChI is InChI=1S/C15H19N3O2.ClH/c1-10-2-3-11(16)8-13(10)15(20)17-6-7-18(12-4-5-12)14(19)9-17;/h2-3,8,12H,4-7,9,16H2,1H3;1H. The first-order valence-corrected chi connectivity index (χ1v) is 7.01. The molecule has 5 nitrogen and oxygen atoms in total. The zero-order valence-electron chi connectivity index (χ0n) is 12.0. The Bertz CT molecular complexity index is 572. The maximum atomic E-state index is 12.5. The van der Waals surface area contributed by atoms with E-state index in [0.717, 1.165) is 18.4 Å². The minimum absolute atomic E-state index is 0. The molecule has 0 unspecified atom stereocenters. The molecule has 1 aromatic carbocycles. The number of hydrogen-bond acceptors (Lipinski definition) is 3. The van der Waals surface area contributed by atoms with E-state index in [-0.39, 0.29) is 30.8 Å². The number of amides is 2. The van der Waals surface area contributed by atoms with Gasteiger partial charge in [-0.05, 0) is 37.5 Å². The lowest BCUT2D eigenvalue weighted by atomic mass is 10.1. The summed E-state index contributed by atoms with van der Waals surface area (Å²) in [5.74, 6) is -0.0350. The van der Waals surface area contributed by atoms with Crippen molar-refractivity contribution in [2.24, 2.45) is 0 Å². The fraction of sp³-hybridized carbons (Fsp3) is 0.467. The van der Waals surface area contributed by atoms with Gasteiger partial charge in [0.25, 0.3) is 5.91 Å². The highest BCUT2D eigenvalue weighted by atomic mass is 35.5. The lowest BCUT2D eigenvalue weighted by molar-refractivity contribution is -0.135. The number of halogens is 1. The van der Waals surface area contributed by atoms with E-state index in [0.29, 0.717) is 30.4 Å². The Hall–Kier alpha value is -1.75. The average Bonchev–Trinajstić information content (AvgIpc) is 3.25. The lowest BCUT2D eigenvalue weighted by Crippen LogP contribution is -2.53. The van der Waals surface area contributed by atoms with Crippen molar-refractivity contribution < 1.29 is 9.59 Å². The third kappa shape index (κ3) is 3.13. The molecule has 1 saturated carbocycles. The largest absolute Gasteiger partial charge is 0.399 e. The first-order valence-electron chi connectivity index (χ1n) is 7.01. The Labute approximate surface area is 130 Å². The van der Waals surface area contributed by atoms with Crippen LogP contribution in [0.25, 0.3) is 0 Å². The number of nitrogens with zero attached hydrogens (tertiary/aromatic N) is 2. The van der Waals surface area contributed by atoms with Crippen LogP contribution in [0.5, 0.6) is 0 Å².